The van der Waals surface area contributed by atoms with Crippen molar-refractivity contribution in [2.24, 2.45) is 5.92 Å². The van der Waals surface area contributed by atoms with Gasteiger partial charge in [-0.3, -0.25) is 0 Å². The predicted octanol–water partition coefficient (Wildman–Crippen LogP) is 4.93. The van der Waals surface area contributed by atoms with Crippen molar-refractivity contribution in [2.75, 3.05) is 0 Å². The van der Waals surface area contributed by atoms with Crippen molar-refractivity contribution in [1.82, 2.24) is 0 Å². The lowest BCUT2D eigenvalue weighted by Crippen LogP contribution is -2.38. The minimum absolute atomic E-state index is 0.903. The lowest BCUT2D eigenvalue weighted by Gasteiger charge is -2.37. The maximum absolute atomic E-state index is 2.49. The van der Waals surface area contributed by atoms with Gasteiger partial charge in [0.1, 0.15) is 0 Å². The van der Waals surface area contributed by atoms with Gasteiger partial charge in [0.15, 0.2) is 0 Å². The number of hydrogen-bond donors (Lipinski definition) is 0. The summed E-state index contributed by atoms with van der Waals surface area (Å²) in [5, 5.41) is 0. The predicted molar refractivity (Wildman–Crippen MR) is 66.1 cm³/mol. The molecular weight excluding hydrogens is 172 g/mol. The highest BCUT2D eigenvalue weighted by Gasteiger charge is 2.34. The summed E-state index contributed by atoms with van der Waals surface area (Å²) in [6.07, 6.45) is 1.39. The summed E-state index contributed by atoms with van der Waals surface area (Å²) in [7, 11) is -0.910. The molecule has 0 nitrogen and oxygen atoms in total. The fourth-order valence-electron chi connectivity index (χ4n) is 2.68. The third kappa shape index (κ3) is 3.45. The minimum Gasteiger partial charge on any atom is -0.0678 e. The Morgan fingerprint density at radius 3 is 1.62 bits per heavy atom. The van der Waals surface area contributed by atoms with Gasteiger partial charge in [0.05, 0.1) is 8.07 Å². The molecule has 0 aromatic heterocycles. The van der Waals surface area contributed by atoms with E-state index in [-0.39, 0.29) is 0 Å². The second-order valence-corrected chi connectivity index (χ2v) is 10.5. The van der Waals surface area contributed by atoms with Gasteiger partial charge in [-0.2, -0.15) is 0 Å². The van der Waals surface area contributed by atoms with Gasteiger partial charge >= 0.3 is 0 Å². The zero-order valence-electron chi connectivity index (χ0n) is 10.5. The van der Waals surface area contributed by atoms with Crippen LogP contribution in [-0.4, -0.2) is 8.07 Å². The molecule has 0 aromatic rings. The Labute approximate surface area is 86.1 Å². The van der Waals surface area contributed by atoms with Crippen molar-refractivity contribution in [3.8, 4) is 0 Å². The van der Waals surface area contributed by atoms with Crippen LogP contribution in [0.2, 0.25) is 23.7 Å². The van der Waals surface area contributed by atoms with Crippen molar-refractivity contribution in [2.45, 2.75) is 71.6 Å². The summed E-state index contributed by atoms with van der Waals surface area (Å²) < 4.78 is 0. The average molecular weight is 200 g/mol. The number of hydrogen-bond acceptors (Lipinski definition) is 0. The van der Waals surface area contributed by atoms with Crippen molar-refractivity contribution < 1.29 is 0 Å². The van der Waals surface area contributed by atoms with Crippen LogP contribution >= 0.6 is 0 Å². The third-order valence-corrected chi connectivity index (χ3v) is 10.8. The Balaban J connectivity index is 4.48. The average Bonchev–Trinajstić information content (AvgIpc) is 2.12. The molecule has 0 bridgehead atoms. The van der Waals surface area contributed by atoms with Crippen LogP contribution in [0.5, 0.6) is 0 Å². The second kappa shape index (κ2) is 5.84. The smallest absolute Gasteiger partial charge is 0.0561 e. The van der Waals surface area contributed by atoms with Crippen LogP contribution < -0.4 is 0 Å². The van der Waals surface area contributed by atoms with Gasteiger partial charge in [0.25, 0.3) is 0 Å². The molecule has 80 valence electrons. The summed E-state index contributed by atoms with van der Waals surface area (Å²) in [4.78, 5) is 0. The first kappa shape index (κ1) is 13.2. The van der Waals surface area contributed by atoms with E-state index in [1.165, 1.54) is 24.6 Å². The summed E-state index contributed by atoms with van der Waals surface area (Å²) in [5.41, 5.74) is 1.02. The molecule has 0 amide bonds. The summed E-state index contributed by atoms with van der Waals surface area (Å²) in [6, 6.07) is 4.50. The highest BCUT2D eigenvalue weighted by molar-refractivity contribution is 6.81. The zero-order chi connectivity index (χ0) is 10.5. The van der Waals surface area contributed by atoms with E-state index in [1.54, 1.807) is 0 Å². The first-order chi connectivity index (χ1) is 6.02. The topological polar surface area (TPSA) is 0 Å². The lowest BCUT2D eigenvalue weighted by atomic mass is 10.3. The maximum Gasteiger partial charge on any atom is 0.0561 e. The minimum atomic E-state index is -0.910. The maximum atomic E-state index is 2.49. The van der Waals surface area contributed by atoms with Gasteiger partial charge in [-0.05, 0) is 11.5 Å². The quantitative estimate of drug-likeness (QED) is 0.533. The first-order valence-electron chi connectivity index (χ1n) is 6.02. The van der Waals surface area contributed by atoms with Crippen molar-refractivity contribution in [3.05, 3.63) is 0 Å². The highest BCUT2D eigenvalue weighted by atomic mass is 28.3. The van der Waals surface area contributed by atoms with E-state index in [1.807, 2.05) is 0 Å². The first-order valence-corrected chi connectivity index (χ1v) is 8.72. The molecule has 0 aliphatic carbocycles. The highest BCUT2D eigenvalue weighted by Crippen LogP contribution is 2.37. The van der Waals surface area contributed by atoms with Crippen molar-refractivity contribution >= 4 is 8.07 Å². The van der Waals surface area contributed by atoms with Gasteiger partial charge in [0, 0.05) is 0 Å². The molecule has 1 heteroatoms. The monoisotopic (exact) mass is 200 g/mol. The molecule has 1 unspecified atom stereocenters. The molecule has 13 heavy (non-hydrogen) atoms. The van der Waals surface area contributed by atoms with E-state index in [0.29, 0.717) is 0 Å². The van der Waals surface area contributed by atoms with Crippen molar-refractivity contribution in [1.29, 1.82) is 0 Å². The number of rotatable bonds is 6. The summed E-state index contributed by atoms with van der Waals surface area (Å²) >= 11 is 0. The second-order valence-electron chi connectivity index (χ2n) is 4.98. The third-order valence-electron chi connectivity index (χ3n) is 3.88. The Hall–Kier alpha value is 0.217. The molecule has 0 saturated carbocycles. The van der Waals surface area contributed by atoms with Gasteiger partial charge in [0.2, 0.25) is 0 Å². The van der Waals surface area contributed by atoms with E-state index in [4.69, 9.17) is 0 Å². The van der Waals surface area contributed by atoms with Gasteiger partial charge in [-0.25, -0.2) is 0 Å². The van der Waals surface area contributed by atoms with E-state index in [0.717, 1.165) is 11.5 Å². The molecular formula is C12H28Si. The zero-order valence-corrected chi connectivity index (χ0v) is 11.5. The fraction of sp³-hybridized carbons (Fsp3) is 1.00. The molecule has 0 radical (unpaired) electrons. The van der Waals surface area contributed by atoms with Crippen LogP contribution in [0.3, 0.4) is 0 Å². The van der Waals surface area contributed by atoms with Crippen LogP contribution in [0.25, 0.3) is 0 Å². The molecule has 0 fully saturated rings. The summed E-state index contributed by atoms with van der Waals surface area (Å²) in [5.74, 6) is 0.903. The molecule has 0 aliphatic rings. The van der Waals surface area contributed by atoms with Gasteiger partial charge in [-0.15, -0.1) is 0 Å². The van der Waals surface area contributed by atoms with Gasteiger partial charge < -0.3 is 0 Å². The molecule has 1 atom stereocenters. The SMILES string of the molecule is CCC(C)[Si](CC)(CC)CC(C)C. The van der Waals surface area contributed by atoms with Crippen LogP contribution in [-0.2, 0) is 0 Å². The van der Waals surface area contributed by atoms with E-state index < -0.39 is 8.07 Å². The van der Waals surface area contributed by atoms with E-state index >= 15 is 0 Å². The Bertz CT molecular complexity index is 125. The normalized spacial score (nSPS) is 15.0. The van der Waals surface area contributed by atoms with E-state index in [2.05, 4.69) is 41.5 Å². The Kier molecular flexibility index (Phi) is 5.94. The van der Waals surface area contributed by atoms with Crippen LogP contribution in [0.1, 0.15) is 48.0 Å². The van der Waals surface area contributed by atoms with Crippen molar-refractivity contribution in [3.63, 3.8) is 0 Å². The molecule has 0 aromatic carbocycles. The molecule has 0 spiro atoms. The van der Waals surface area contributed by atoms with Crippen LogP contribution in [0.15, 0.2) is 0 Å². The standard InChI is InChI=1S/C12H28Si/c1-7-12(6)13(8-2,9-3)10-11(4)5/h11-12H,7-10H2,1-6H3. The Morgan fingerprint density at radius 2 is 1.38 bits per heavy atom. The molecule has 0 saturated heterocycles. The fourth-order valence-corrected chi connectivity index (χ4v) is 8.05. The van der Waals surface area contributed by atoms with Crippen LogP contribution in [0.4, 0.5) is 0 Å². The van der Waals surface area contributed by atoms with Gasteiger partial charge in [-0.1, -0.05) is 66.1 Å². The summed E-state index contributed by atoms with van der Waals surface area (Å²) in [6.45, 7) is 14.5. The lowest BCUT2D eigenvalue weighted by molar-refractivity contribution is 0.688. The Morgan fingerprint density at radius 1 is 0.923 bits per heavy atom. The largest absolute Gasteiger partial charge is 0.0678 e. The molecule has 0 rings (SSSR count). The molecule has 0 N–H and O–H groups in total. The molecule has 0 heterocycles. The van der Waals surface area contributed by atoms with Crippen LogP contribution in [0, 0.1) is 5.92 Å². The molecule has 0 aliphatic heterocycles. The van der Waals surface area contributed by atoms with E-state index in [9.17, 15) is 0 Å².